The van der Waals surface area contributed by atoms with Crippen LogP contribution in [0.25, 0.3) is 0 Å². The van der Waals surface area contributed by atoms with E-state index in [4.69, 9.17) is 9.47 Å². The Morgan fingerprint density at radius 2 is 2.15 bits per heavy atom. The van der Waals surface area contributed by atoms with Gasteiger partial charge in [-0.15, -0.1) is 6.58 Å². The van der Waals surface area contributed by atoms with Crippen molar-refractivity contribution >= 4 is 0 Å². The molecule has 108 valence electrons. The van der Waals surface area contributed by atoms with Crippen LogP contribution in [0.5, 0.6) is 11.5 Å². The fraction of sp³-hybridized carbons (Fsp3) is 0.500. The average Bonchev–Trinajstić information content (AvgIpc) is 2.98. The minimum absolute atomic E-state index is 0.335. The number of ether oxygens (including phenoxy) is 2. The van der Waals surface area contributed by atoms with Gasteiger partial charge in [0.2, 0.25) is 6.79 Å². The normalized spacial score (nSPS) is 19.8. The van der Waals surface area contributed by atoms with Crippen molar-refractivity contribution in [3.8, 4) is 11.5 Å². The lowest BCUT2D eigenvalue weighted by atomic mass is 9.98. The van der Waals surface area contributed by atoms with Crippen molar-refractivity contribution in [2.45, 2.75) is 18.9 Å². The number of nitrogens with one attached hydrogen (secondary N) is 1. The van der Waals surface area contributed by atoms with Crippen molar-refractivity contribution in [2.24, 2.45) is 0 Å². The first-order valence-electron chi connectivity index (χ1n) is 7.34. The summed E-state index contributed by atoms with van der Waals surface area (Å²) >= 11 is 0. The van der Waals surface area contributed by atoms with Crippen LogP contribution in [0.1, 0.15) is 24.4 Å². The quantitative estimate of drug-likeness (QED) is 0.836. The van der Waals surface area contributed by atoms with Gasteiger partial charge >= 0.3 is 0 Å². The molecule has 1 aromatic carbocycles. The van der Waals surface area contributed by atoms with Crippen molar-refractivity contribution in [3.05, 3.63) is 36.4 Å². The summed E-state index contributed by atoms with van der Waals surface area (Å²) in [7, 11) is 0. The highest BCUT2D eigenvalue weighted by Crippen LogP contribution is 2.41. The molecular formula is C16H22N2O2. The molecule has 0 saturated carbocycles. The molecule has 1 fully saturated rings. The molecule has 0 bridgehead atoms. The molecule has 4 nitrogen and oxygen atoms in total. The number of allylic oxidation sites excluding steroid dienone is 1. The maximum absolute atomic E-state index is 5.69. The topological polar surface area (TPSA) is 33.7 Å². The molecule has 0 unspecified atom stereocenters. The number of nitrogens with zero attached hydrogens (tertiary/aromatic N) is 1. The average molecular weight is 274 g/mol. The SMILES string of the molecule is C=CCC[C@@H](c1cccc2c1OCO2)N1CCNCC1. The number of rotatable bonds is 5. The van der Waals surface area contributed by atoms with Crippen LogP contribution in [0.15, 0.2) is 30.9 Å². The Kier molecular flexibility index (Phi) is 4.23. The lowest BCUT2D eigenvalue weighted by Crippen LogP contribution is -2.45. The van der Waals surface area contributed by atoms with Crippen LogP contribution in [0.2, 0.25) is 0 Å². The monoisotopic (exact) mass is 274 g/mol. The summed E-state index contributed by atoms with van der Waals surface area (Å²) in [6.45, 7) is 8.45. The number of hydrogen-bond donors (Lipinski definition) is 1. The zero-order chi connectivity index (χ0) is 13.8. The second kappa shape index (κ2) is 6.29. The molecule has 1 atom stereocenters. The number of benzene rings is 1. The molecule has 0 radical (unpaired) electrons. The molecule has 1 aromatic rings. The highest BCUT2D eigenvalue weighted by atomic mass is 16.7. The van der Waals surface area contributed by atoms with Crippen molar-refractivity contribution in [3.63, 3.8) is 0 Å². The first-order chi connectivity index (χ1) is 9.90. The number of hydrogen-bond acceptors (Lipinski definition) is 4. The molecule has 20 heavy (non-hydrogen) atoms. The molecule has 2 heterocycles. The van der Waals surface area contributed by atoms with E-state index in [2.05, 4.69) is 28.9 Å². The van der Waals surface area contributed by atoms with Crippen molar-refractivity contribution in [1.82, 2.24) is 10.2 Å². The Labute approximate surface area is 120 Å². The van der Waals surface area contributed by atoms with Crippen LogP contribution in [-0.4, -0.2) is 37.9 Å². The van der Waals surface area contributed by atoms with E-state index in [1.54, 1.807) is 0 Å². The highest BCUT2D eigenvalue weighted by Gasteiger charge is 2.27. The van der Waals surface area contributed by atoms with Gasteiger partial charge in [-0.1, -0.05) is 18.2 Å². The number of piperazine rings is 1. The molecule has 1 saturated heterocycles. The van der Waals surface area contributed by atoms with Crippen molar-refractivity contribution in [1.29, 1.82) is 0 Å². The van der Waals surface area contributed by atoms with Gasteiger partial charge in [-0.3, -0.25) is 4.90 Å². The molecule has 0 spiro atoms. The molecular weight excluding hydrogens is 252 g/mol. The summed E-state index contributed by atoms with van der Waals surface area (Å²) < 4.78 is 11.2. The third-order valence-electron chi connectivity index (χ3n) is 4.02. The predicted molar refractivity (Wildman–Crippen MR) is 79.2 cm³/mol. The van der Waals surface area contributed by atoms with Gasteiger partial charge in [0.25, 0.3) is 0 Å². The summed E-state index contributed by atoms with van der Waals surface area (Å²) in [6, 6.07) is 6.59. The molecule has 0 amide bonds. The predicted octanol–water partition coefficient (Wildman–Crippen LogP) is 2.33. The molecule has 0 aliphatic carbocycles. The fourth-order valence-electron chi connectivity index (χ4n) is 3.02. The van der Waals surface area contributed by atoms with E-state index in [1.807, 2.05) is 12.1 Å². The van der Waals surface area contributed by atoms with E-state index in [0.717, 1.165) is 50.5 Å². The molecule has 0 aromatic heterocycles. The van der Waals surface area contributed by atoms with E-state index < -0.39 is 0 Å². The van der Waals surface area contributed by atoms with E-state index >= 15 is 0 Å². The first-order valence-corrected chi connectivity index (χ1v) is 7.34. The third kappa shape index (κ3) is 2.67. The minimum atomic E-state index is 0.335. The van der Waals surface area contributed by atoms with Gasteiger partial charge < -0.3 is 14.8 Å². The summed E-state index contributed by atoms with van der Waals surface area (Å²) in [5.41, 5.74) is 1.25. The van der Waals surface area contributed by atoms with Gasteiger partial charge in [0.15, 0.2) is 11.5 Å². The Hall–Kier alpha value is -1.52. The van der Waals surface area contributed by atoms with Crippen LogP contribution in [-0.2, 0) is 0 Å². The van der Waals surface area contributed by atoms with Crippen LogP contribution in [0.4, 0.5) is 0 Å². The maximum Gasteiger partial charge on any atom is 0.231 e. The van der Waals surface area contributed by atoms with E-state index in [0.29, 0.717) is 12.8 Å². The molecule has 2 aliphatic rings. The summed E-state index contributed by atoms with van der Waals surface area (Å²) in [5, 5.41) is 3.41. The molecule has 4 heteroatoms. The Morgan fingerprint density at radius 3 is 2.95 bits per heavy atom. The lowest BCUT2D eigenvalue weighted by molar-refractivity contribution is 0.154. The Bertz CT molecular complexity index is 470. The fourth-order valence-corrected chi connectivity index (χ4v) is 3.02. The van der Waals surface area contributed by atoms with Crippen LogP contribution in [0, 0.1) is 0 Å². The van der Waals surface area contributed by atoms with Gasteiger partial charge in [0, 0.05) is 37.8 Å². The largest absolute Gasteiger partial charge is 0.454 e. The molecule has 3 rings (SSSR count). The van der Waals surface area contributed by atoms with E-state index in [-0.39, 0.29) is 0 Å². The van der Waals surface area contributed by atoms with Crippen molar-refractivity contribution in [2.75, 3.05) is 33.0 Å². The molecule has 2 aliphatic heterocycles. The zero-order valence-electron chi connectivity index (χ0n) is 11.8. The number of para-hydroxylation sites is 1. The standard InChI is InChI=1S/C16H22N2O2/c1-2-3-6-14(18-10-8-17-9-11-18)13-5-4-7-15-16(13)20-12-19-15/h2,4-5,7,14,17H,1,3,6,8-12H2/t14-/m0/s1. The zero-order valence-corrected chi connectivity index (χ0v) is 11.8. The lowest BCUT2D eigenvalue weighted by Gasteiger charge is -2.35. The van der Waals surface area contributed by atoms with Gasteiger partial charge in [0.1, 0.15) is 0 Å². The van der Waals surface area contributed by atoms with E-state index in [1.165, 1.54) is 5.56 Å². The molecule has 1 N–H and O–H groups in total. The smallest absolute Gasteiger partial charge is 0.231 e. The van der Waals surface area contributed by atoms with Gasteiger partial charge in [0.05, 0.1) is 0 Å². The summed E-state index contributed by atoms with van der Waals surface area (Å²) in [4.78, 5) is 2.54. The van der Waals surface area contributed by atoms with Crippen LogP contribution in [0.3, 0.4) is 0 Å². The maximum atomic E-state index is 5.69. The minimum Gasteiger partial charge on any atom is -0.454 e. The van der Waals surface area contributed by atoms with Crippen LogP contribution >= 0.6 is 0 Å². The highest BCUT2D eigenvalue weighted by molar-refractivity contribution is 5.49. The van der Waals surface area contributed by atoms with E-state index in [9.17, 15) is 0 Å². The first kappa shape index (κ1) is 13.5. The second-order valence-electron chi connectivity index (χ2n) is 5.25. The Balaban J connectivity index is 1.88. The van der Waals surface area contributed by atoms with Gasteiger partial charge in [-0.2, -0.15) is 0 Å². The summed E-state index contributed by atoms with van der Waals surface area (Å²) in [5.74, 6) is 1.81. The van der Waals surface area contributed by atoms with Crippen LogP contribution < -0.4 is 14.8 Å². The van der Waals surface area contributed by atoms with Gasteiger partial charge in [-0.05, 0) is 18.9 Å². The second-order valence-corrected chi connectivity index (χ2v) is 5.25. The van der Waals surface area contributed by atoms with Crippen molar-refractivity contribution < 1.29 is 9.47 Å². The number of fused-ring (bicyclic) bond motifs is 1. The van der Waals surface area contributed by atoms with Gasteiger partial charge in [-0.25, -0.2) is 0 Å². The summed E-state index contributed by atoms with van der Waals surface area (Å²) in [6.07, 6.45) is 4.08. The Morgan fingerprint density at radius 1 is 1.30 bits per heavy atom. The third-order valence-corrected chi connectivity index (χ3v) is 4.02.